The van der Waals surface area contributed by atoms with Crippen molar-refractivity contribution in [3.05, 3.63) is 39.9 Å². The van der Waals surface area contributed by atoms with Crippen molar-refractivity contribution in [2.45, 2.75) is 33.8 Å². The summed E-state index contributed by atoms with van der Waals surface area (Å²) in [5, 5.41) is 10.5. The van der Waals surface area contributed by atoms with Gasteiger partial charge >= 0.3 is 0 Å². The van der Waals surface area contributed by atoms with E-state index in [-0.39, 0.29) is 18.0 Å². The number of hydrogen-bond donors (Lipinski definition) is 0. The van der Waals surface area contributed by atoms with Crippen LogP contribution in [0.1, 0.15) is 32.8 Å². The summed E-state index contributed by atoms with van der Waals surface area (Å²) in [4.78, 5) is 12.6. The van der Waals surface area contributed by atoms with E-state index in [0.717, 1.165) is 18.0 Å². The molecule has 21 heavy (non-hydrogen) atoms. The van der Waals surface area contributed by atoms with Crippen LogP contribution in [0.2, 0.25) is 0 Å². The van der Waals surface area contributed by atoms with Crippen molar-refractivity contribution in [2.75, 3.05) is 26.2 Å². The zero-order valence-corrected chi connectivity index (χ0v) is 12.0. The quantitative estimate of drug-likeness (QED) is 0.458. The van der Waals surface area contributed by atoms with Crippen molar-refractivity contribution in [3.63, 3.8) is 0 Å². The van der Waals surface area contributed by atoms with Crippen LogP contribution in [0.4, 0.5) is 5.69 Å². The van der Waals surface area contributed by atoms with Crippen LogP contribution in [-0.4, -0.2) is 36.1 Å². The molecule has 0 unspecified atom stereocenters. The van der Waals surface area contributed by atoms with Gasteiger partial charge in [0.15, 0.2) is 0 Å². The molecule has 0 amide bonds. The summed E-state index contributed by atoms with van der Waals surface area (Å²) in [6.07, 6.45) is 2.56. The van der Waals surface area contributed by atoms with Gasteiger partial charge in [-0.25, -0.2) is 0 Å². The van der Waals surface area contributed by atoms with Gasteiger partial charge < -0.3 is 9.64 Å². The van der Waals surface area contributed by atoms with Gasteiger partial charge in [0, 0.05) is 18.7 Å². The van der Waals surface area contributed by atoms with Crippen molar-refractivity contribution in [3.8, 4) is 0 Å². The number of ether oxygens (including phenoxy) is 1. The van der Waals surface area contributed by atoms with Crippen molar-refractivity contribution in [1.82, 2.24) is 4.90 Å². The number of piperidine rings is 1. The maximum atomic E-state index is 10.5. The van der Waals surface area contributed by atoms with E-state index in [4.69, 9.17) is 4.74 Å². The van der Waals surface area contributed by atoms with E-state index in [1.165, 1.54) is 38.1 Å². The molecular weight excluding hydrogens is 268 g/mol. The maximum absolute atomic E-state index is 10.5. The summed E-state index contributed by atoms with van der Waals surface area (Å²) in [6, 6.07) is 6.54. The van der Waals surface area contributed by atoms with E-state index in [9.17, 15) is 10.1 Å². The molecule has 118 valence electrons. The van der Waals surface area contributed by atoms with Crippen LogP contribution in [0.15, 0.2) is 24.3 Å². The molecule has 1 aliphatic rings. The first-order chi connectivity index (χ1) is 9.65. The lowest BCUT2D eigenvalue weighted by atomic mass is 9.99. The van der Waals surface area contributed by atoms with E-state index in [1.54, 1.807) is 12.1 Å². The molecule has 0 aromatic heterocycles. The van der Waals surface area contributed by atoms with Crippen molar-refractivity contribution in [2.24, 2.45) is 5.92 Å². The second-order valence-corrected chi connectivity index (χ2v) is 5.50. The molecule has 0 N–H and O–H groups in total. The van der Waals surface area contributed by atoms with Gasteiger partial charge in [0.1, 0.15) is 0 Å². The van der Waals surface area contributed by atoms with Gasteiger partial charge in [0.05, 0.1) is 18.1 Å². The average Bonchev–Trinajstić information content (AvgIpc) is 2.46. The zero-order chi connectivity index (χ0) is 14.4. The zero-order valence-electron chi connectivity index (χ0n) is 12.0. The predicted octanol–water partition coefficient (Wildman–Crippen LogP) is 3.48. The predicted molar refractivity (Wildman–Crippen MR) is 84.3 cm³/mol. The summed E-state index contributed by atoms with van der Waals surface area (Å²) in [5.41, 5.74) is 1.10. The number of nitrogens with zero attached hydrogens (tertiary/aromatic N) is 2. The number of non-ortho nitro benzene ring substituents is 1. The maximum Gasteiger partial charge on any atom is 0.269 e. The molecule has 1 aromatic rings. The third-order valence-corrected chi connectivity index (χ3v) is 3.84. The minimum absolute atomic E-state index is 0. The van der Waals surface area contributed by atoms with Crippen LogP contribution in [0.3, 0.4) is 0 Å². The minimum atomic E-state index is -0.387. The van der Waals surface area contributed by atoms with Crippen molar-refractivity contribution < 1.29 is 9.66 Å². The normalized spacial score (nSPS) is 16.4. The average molecular weight is 294 g/mol. The molecule has 0 aliphatic carbocycles. The smallest absolute Gasteiger partial charge is 0.269 e. The fourth-order valence-corrected chi connectivity index (χ4v) is 2.38. The van der Waals surface area contributed by atoms with Crippen molar-refractivity contribution in [1.29, 1.82) is 0 Å². The molecule has 0 saturated carbocycles. The summed E-state index contributed by atoms with van der Waals surface area (Å²) >= 11 is 0. The van der Waals surface area contributed by atoms with Gasteiger partial charge in [0.25, 0.3) is 5.69 Å². The third-order valence-electron chi connectivity index (χ3n) is 3.84. The van der Waals surface area contributed by atoms with Gasteiger partial charge in [-0.05, 0) is 49.5 Å². The van der Waals surface area contributed by atoms with Gasteiger partial charge in [-0.15, -0.1) is 0 Å². The Morgan fingerprint density at radius 2 is 1.90 bits per heavy atom. The van der Waals surface area contributed by atoms with Crippen LogP contribution < -0.4 is 0 Å². The Bertz CT molecular complexity index is 426. The van der Waals surface area contributed by atoms with E-state index >= 15 is 0 Å². The molecule has 1 heterocycles. The molecule has 0 atom stereocenters. The van der Waals surface area contributed by atoms with Crippen LogP contribution in [0.25, 0.3) is 0 Å². The van der Waals surface area contributed by atoms with Crippen LogP contribution in [0, 0.1) is 16.0 Å². The first kappa shape index (κ1) is 17.6. The molecule has 1 fully saturated rings. The number of rotatable bonds is 6. The highest BCUT2D eigenvalue weighted by molar-refractivity contribution is 5.32. The monoisotopic (exact) mass is 294 g/mol. The number of hydrogen-bond acceptors (Lipinski definition) is 4. The Hall–Kier alpha value is -1.46. The van der Waals surface area contributed by atoms with Crippen LogP contribution in [-0.2, 0) is 11.3 Å². The Morgan fingerprint density at radius 1 is 1.29 bits per heavy atom. The number of nitro groups is 1. The molecule has 0 radical (unpaired) electrons. The molecule has 5 nitrogen and oxygen atoms in total. The standard InChI is InChI=1S/C15H22N2O3.CH4/c1-13-6-8-16(9-7-13)10-11-20-12-14-2-4-15(5-3-14)17(18)19;/h2-5,13H,6-12H2,1H3;1H4. The van der Waals surface area contributed by atoms with Crippen molar-refractivity contribution >= 4 is 5.69 Å². The first-order valence-electron chi connectivity index (χ1n) is 7.18. The third kappa shape index (κ3) is 5.81. The Labute approximate surface area is 127 Å². The largest absolute Gasteiger partial charge is 0.375 e. The highest BCUT2D eigenvalue weighted by Gasteiger charge is 2.14. The fraction of sp³-hybridized carbons (Fsp3) is 0.625. The van der Waals surface area contributed by atoms with Crippen LogP contribution >= 0.6 is 0 Å². The van der Waals surface area contributed by atoms with E-state index < -0.39 is 0 Å². The molecule has 1 aromatic carbocycles. The second kappa shape index (κ2) is 8.74. The molecule has 1 saturated heterocycles. The number of benzene rings is 1. The molecule has 2 rings (SSSR count). The molecule has 5 heteroatoms. The summed E-state index contributed by atoms with van der Waals surface area (Å²) in [7, 11) is 0. The first-order valence-corrected chi connectivity index (χ1v) is 7.18. The summed E-state index contributed by atoms with van der Waals surface area (Å²) < 4.78 is 5.64. The Morgan fingerprint density at radius 3 is 2.48 bits per heavy atom. The van der Waals surface area contributed by atoms with Gasteiger partial charge in [0.2, 0.25) is 0 Å². The second-order valence-electron chi connectivity index (χ2n) is 5.50. The van der Waals surface area contributed by atoms with Gasteiger partial charge in [-0.1, -0.05) is 14.4 Å². The van der Waals surface area contributed by atoms with E-state index in [0.29, 0.717) is 13.2 Å². The lowest BCUT2D eigenvalue weighted by Crippen LogP contribution is -2.35. The van der Waals surface area contributed by atoms with E-state index in [2.05, 4.69) is 11.8 Å². The van der Waals surface area contributed by atoms with Gasteiger partial charge in [-0.2, -0.15) is 0 Å². The number of nitro benzene ring substituents is 1. The number of likely N-dealkylation sites (tertiary alicyclic amines) is 1. The van der Waals surface area contributed by atoms with Gasteiger partial charge in [-0.3, -0.25) is 10.1 Å². The highest BCUT2D eigenvalue weighted by Crippen LogP contribution is 2.16. The SMILES string of the molecule is C.CC1CCN(CCOCc2ccc([N+](=O)[O-])cc2)CC1. The van der Waals surface area contributed by atoms with Crippen LogP contribution in [0.5, 0.6) is 0 Å². The van der Waals surface area contributed by atoms with E-state index in [1.807, 2.05) is 0 Å². The molecule has 1 aliphatic heterocycles. The fourth-order valence-electron chi connectivity index (χ4n) is 2.38. The molecular formula is C16H26N2O3. The molecule has 0 spiro atoms. The highest BCUT2D eigenvalue weighted by atomic mass is 16.6. The molecule has 0 bridgehead atoms. The lowest BCUT2D eigenvalue weighted by Gasteiger charge is -2.29. The summed E-state index contributed by atoms with van der Waals surface area (Å²) in [6.45, 7) is 6.85. The Kier molecular flexibility index (Phi) is 7.32. The lowest BCUT2D eigenvalue weighted by molar-refractivity contribution is -0.384. The summed E-state index contributed by atoms with van der Waals surface area (Å²) in [5.74, 6) is 0.854. The Balaban J connectivity index is 0.00000220. The topological polar surface area (TPSA) is 55.6 Å². The minimum Gasteiger partial charge on any atom is -0.375 e.